The van der Waals surface area contributed by atoms with Crippen molar-refractivity contribution < 1.29 is 4.74 Å². The first-order valence-electron chi connectivity index (χ1n) is 4.52. The molecule has 1 unspecified atom stereocenters. The predicted octanol–water partition coefficient (Wildman–Crippen LogP) is 1.26. The molecule has 0 aromatic rings. The number of hydrogen-bond donors (Lipinski definition) is 0. The maximum absolute atomic E-state index is 5.37. The van der Waals surface area contributed by atoms with Crippen molar-refractivity contribution in [1.82, 2.24) is 4.90 Å². The van der Waals surface area contributed by atoms with Crippen LogP contribution in [0.4, 0.5) is 0 Å². The summed E-state index contributed by atoms with van der Waals surface area (Å²) in [7, 11) is 1.83. The summed E-state index contributed by atoms with van der Waals surface area (Å²) in [6.07, 6.45) is 4.49. The Morgan fingerprint density at radius 2 is 2.36 bits per heavy atom. The van der Waals surface area contributed by atoms with Crippen molar-refractivity contribution in [2.24, 2.45) is 0 Å². The van der Waals surface area contributed by atoms with Crippen LogP contribution in [0.1, 0.15) is 26.2 Å². The van der Waals surface area contributed by atoms with Gasteiger partial charge in [-0.2, -0.15) is 0 Å². The lowest BCUT2D eigenvalue weighted by Gasteiger charge is -2.26. The Morgan fingerprint density at radius 3 is 3.00 bits per heavy atom. The molecule has 0 amide bonds. The highest BCUT2D eigenvalue weighted by Gasteiger charge is 2.44. The van der Waals surface area contributed by atoms with E-state index in [4.69, 9.17) is 4.74 Å². The minimum absolute atomic E-state index is 0.487. The smallest absolute Gasteiger partial charge is 0.0715 e. The van der Waals surface area contributed by atoms with Gasteiger partial charge in [-0.1, -0.05) is 0 Å². The summed E-state index contributed by atoms with van der Waals surface area (Å²) in [6, 6.07) is 0. The van der Waals surface area contributed by atoms with Crippen LogP contribution < -0.4 is 0 Å². The molecule has 0 radical (unpaired) electrons. The van der Waals surface area contributed by atoms with Crippen LogP contribution >= 0.6 is 0 Å². The second-order valence-electron chi connectivity index (χ2n) is 4.11. The van der Waals surface area contributed by atoms with Crippen molar-refractivity contribution >= 4 is 0 Å². The minimum atomic E-state index is 0.487. The van der Waals surface area contributed by atoms with Gasteiger partial charge < -0.3 is 4.74 Å². The van der Waals surface area contributed by atoms with Gasteiger partial charge >= 0.3 is 0 Å². The fourth-order valence-corrected chi connectivity index (χ4v) is 2.58. The SMILES string of the molecule is CO[C@H]1CN2CCCC2(C)C1. The zero-order valence-corrected chi connectivity index (χ0v) is 7.47. The van der Waals surface area contributed by atoms with E-state index >= 15 is 0 Å². The van der Waals surface area contributed by atoms with Gasteiger partial charge in [-0.15, -0.1) is 0 Å². The third kappa shape index (κ3) is 1.09. The van der Waals surface area contributed by atoms with Crippen LogP contribution in [0.15, 0.2) is 0 Å². The van der Waals surface area contributed by atoms with Gasteiger partial charge in [0.2, 0.25) is 0 Å². The first-order chi connectivity index (χ1) is 5.24. The summed E-state index contributed by atoms with van der Waals surface area (Å²) in [5.41, 5.74) is 0.487. The van der Waals surface area contributed by atoms with E-state index < -0.39 is 0 Å². The number of nitrogens with zero attached hydrogens (tertiary/aromatic N) is 1. The lowest BCUT2D eigenvalue weighted by Crippen LogP contribution is -2.34. The summed E-state index contributed by atoms with van der Waals surface area (Å²) >= 11 is 0. The fraction of sp³-hybridized carbons (Fsp3) is 1.00. The maximum atomic E-state index is 5.37. The van der Waals surface area contributed by atoms with Crippen molar-refractivity contribution in [2.45, 2.75) is 37.8 Å². The number of rotatable bonds is 1. The average Bonchev–Trinajstić information content (AvgIpc) is 2.42. The zero-order chi connectivity index (χ0) is 7.90. The lowest BCUT2D eigenvalue weighted by atomic mass is 9.96. The Kier molecular flexibility index (Phi) is 1.69. The molecule has 2 aliphatic heterocycles. The summed E-state index contributed by atoms with van der Waals surface area (Å²) in [5, 5.41) is 0. The van der Waals surface area contributed by atoms with Gasteiger partial charge in [-0.25, -0.2) is 0 Å². The van der Waals surface area contributed by atoms with Crippen molar-refractivity contribution in [3.8, 4) is 0 Å². The van der Waals surface area contributed by atoms with Gasteiger partial charge in [-0.3, -0.25) is 4.90 Å². The summed E-state index contributed by atoms with van der Waals surface area (Å²) in [4.78, 5) is 2.58. The van der Waals surface area contributed by atoms with Crippen LogP contribution in [0.3, 0.4) is 0 Å². The third-order valence-electron chi connectivity index (χ3n) is 3.33. The van der Waals surface area contributed by atoms with Crippen molar-refractivity contribution in [3.05, 3.63) is 0 Å². The molecule has 0 aromatic heterocycles. The first kappa shape index (κ1) is 7.56. The van der Waals surface area contributed by atoms with Gasteiger partial charge in [0.1, 0.15) is 0 Å². The molecule has 0 spiro atoms. The Morgan fingerprint density at radius 1 is 1.55 bits per heavy atom. The molecule has 0 N–H and O–H groups in total. The van der Waals surface area contributed by atoms with E-state index in [1.165, 1.54) is 25.8 Å². The molecule has 2 fully saturated rings. The van der Waals surface area contributed by atoms with E-state index in [9.17, 15) is 0 Å². The van der Waals surface area contributed by atoms with E-state index in [0.29, 0.717) is 11.6 Å². The van der Waals surface area contributed by atoms with Crippen LogP contribution in [0.2, 0.25) is 0 Å². The number of hydrogen-bond acceptors (Lipinski definition) is 2. The normalized spacial score (nSPS) is 44.7. The van der Waals surface area contributed by atoms with E-state index in [1.807, 2.05) is 7.11 Å². The first-order valence-corrected chi connectivity index (χ1v) is 4.52. The quantitative estimate of drug-likeness (QED) is 0.565. The van der Waals surface area contributed by atoms with E-state index in [0.717, 1.165) is 6.54 Å². The molecule has 2 atom stereocenters. The zero-order valence-electron chi connectivity index (χ0n) is 7.47. The summed E-state index contributed by atoms with van der Waals surface area (Å²) in [6.45, 7) is 4.82. The van der Waals surface area contributed by atoms with Crippen LogP contribution in [0.25, 0.3) is 0 Å². The molecule has 2 nitrogen and oxygen atoms in total. The highest BCUT2D eigenvalue weighted by Crippen LogP contribution is 2.38. The second kappa shape index (κ2) is 2.46. The van der Waals surface area contributed by atoms with Crippen LogP contribution in [0.5, 0.6) is 0 Å². The van der Waals surface area contributed by atoms with Crippen molar-refractivity contribution in [1.29, 1.82) is 0 Å². The van der Waals surface area contributed by atoms with E-state index in [-0.39, 0.29) is 0 Å². The molecular weight excluding hydrogens is 138 g/mol. The van der Waals surface area contributed by atoms with Gasteiger partial charge in [-0.05, 0) is 32.7 Å². The second-order valence-corrected chi connectivity index (χ2v) is 4.11. The third-order valence-corrected chi connectivity index (χ3v) is 3.33. The Labute approximate surface area is 68.5 Å². The molecular formula is C9H17NO. The van der Waals surface area contributed by atoms with Crippen molar-refractivity contribution in [2.75, 3.05) is 20.2 Å². The van der Waals surface area contributed by atoms with Gasteiger partial charge in [0.05, 0.1) is 6.10 Å². The lowest BCUT2D eigenvalue weighted by molar-refractivity contribution is 0.107. The van der Waals surface area contributed by atoms with Crippen LogP contribution in [0, 0.1) is 0 Å². The Hall–Kier alpha value is -0.0800. The van der Waals surface area contributed by atoms with Gasteiger partial charge in [0.15, 0.2) is 0 Å². The monoisotopic (exact) mass is 155 g/mol. The van der Waals surface area contributed by atoms with Crippen molar-refractivity contribution in [3.63, 3.8) is 0 Å². The molecule has 0 aliphatic carbocycles. The number of methoxy groups -OCH3 is 1. The molecule has 0 bridgehead atoms. The largest absolute Gasteiger partial charge is 0.380 e. The highest BCUT2D eigenvalue weighted by molar-refractivity contribution is 5.00. The molecule has 11 heavy (non-hydrogen) atoms. The molecule has 2 heterocycles. The maximum Gasteiger partial charge on any atom is 0.0715 e. The van der Waals surface area contributed by atoms with E-state index in [2.05, 4.69) is 11.8 Å². The topological polar surface area (TPSA) is 12.5 Å². The van der Waals surface area contributed by atoms with Crippen LogP contribution in [-0.2, 0) is 4.74 Å². The number of ether oxygens (including phenoxy) is 1. The number of fused-ring (bicyclic) bond motifs is 1. The Balaban J connectivity index is 2.06. The molecule has 2 rings (SSSR count). The molecule has 0 aromatic carbocycles. The molecule has 2 aliphatic rings. The minimum Gasteiger partial charge on any atom is -0.380 e. The average molecular weight is 155 g/mol. The van der Waals surface area contributed by atoms with Gasteiger partial charge in [0, 0.05) is 19.2 Å². The Bertz CT molecular complexity index is 160. The summed E-state index contributed by atoms with van der Waals surface area (Å²) < 4.78 is 5.37. The standard InChI is InChI=1S/C9H17NO/c1-9-4-3-5-10(9)7-8(6-9)11-2/h8H,3-7H2,1-2H3/t8-,9?/m1/s1. The molecule has 0 saturated carbocycles. The van der Waals surface area contributed by atoms with E-state index in [1.54, 1.807) is 0 Å². The van der Waals surface area contributed by atoms with Gasteiger partial charge in [0.25, 0.3) is 0 Å². The molecule has 2 saturated heterocycles. The summed E-state index contributed by atoms with van der Waals surface area (Å²) in [5.74, 6) is 0. The van der Waals surface area contributed by atoms with Crippen LogP contribution in [-0.4, -0.2) is 36.7 Å². The predicted molar refractivity (Wildman–Crippen MR) is 44.6 cm³/mol. The highest BCUT2D eigenvalue weighted by atomic mass is 16.5. The molecule has 64 valence electrons. The molecule has 2 heteroatoms. The fourth-order valence-electron chi connectivity index (χ4n) is 2.58.